The van der Waals surface area contributed by atoms with Crippen molar-refractivity contribution in [1.82, 2.24) is 9.80 Å². The van der Waals surface area contributed by atoms with Crippen LogP contribution in [0, 0.1) is 23.0 Å². The number of nitrogens with one attached hydrogen (secondary N) is 1. The Morgan fingerprint density at radius 2 is 1.89 bits per heavy atom. The van der Waals surface area contributed by atoms with Gasteiger partial charge in [0.1, 0.15) is 12.3 Å². The molecule has 0 saturated carbocycles. The average Bonchev–Trinajstić information content (AvgIpc) is 2.89. The number of carbonyl (C=O) groups excluding carboxylic acids is 1. The molecular formula is C29H38N4O4. The van der Waals surface area contributed by atoms with Gasteiger partial charge >= 0.3 is 6.09 Å². The molecule has 1 N–H and O–H groups in total. The van der Waals surface area contributed by atoms with Crippen LogP contribution in [0.5, 0.6) is 0 Å². The summed E-state index contributed by atoms with van der Waals surface area (Å²) < 4.78 is 5.27. The maximum atomic E-state index is 12.4. The third-order valence-corrected chi connectivity index (χ3v) is 7.26. The molecule has 2 aliphatic rings. The highest BCUT2D eigenvalue weighted by Gasteiger charge is 2.27. The van der Waals surface area contributed by atoms with Gasteiger partial charge in [-0.1, -0.05) is 50.3 Å². The molecule has 0 unspecified atom stereocenters. The number of anilines is 1. The van der Waals surface area contributed by atoms with Crippen LogP contribution in [0.1, 0.15) is 49.8 Å². The van der Waals surface area contributed by atoms with Gasteiger partial charge in [0.15, 0.2) is 0 Å². The highest BCUT2D eigenvalue weighted by molar-refractivity contribution is 5.90. The van der Waals surface area contributed by atoms with E-state index in [1.54, 1.807) is 13.0 Å². The van der Waals surface area contributed by atoms with Gasteiger partial charge in [-0.05, 0) is 73.5 Å². The SMILES string of the molecule is Cc1cc(C2=CCN(C3CCN(CC(C)C)CC3)CC2)cc([N+](=O)[O-])c1NC(=O)OCc1ccccc1. The van der Waals surface area contributed by atoms with Gasteiger partial charge in [0, 0.05) is 31.7 Å². The molecule has 198 valence electrons. The van der Waals surface area contributed by atoms with Gasteiger partial charge < -0.3 is 9.64 Å². The van der Waals surface area contributed by atoms with Crippen molar-refractivity contribution in [3.8, 4) is 0 Å². The van der Waals surface area contributed by atoms with Crippen LogP contribution < -0.4 is 5.32 Å². The quantitative estimate of drug-likeness (QED) is 0.356. The van der Waals surface area contributed by atoms with Crippen molar-refractivity contribution >= 4 is 23.0 Å². The van der Waals surface area contributed by atoms with Crippen LogP contribution in [0.4, 0.5) is 16.2 Å². The zero-order valence-corrected chi connectivity index (χ0v) is 22.1. The lowest BCUT2D eigenvalue weighted by atomic mass is 9.94. The molecule has 0 radical (unpaired) electrons. The number of hydrogen-bond acceptors (Lipinski definition) is 6. The summed E-state index contributed by atoms with van der Waals surface area (Å²) in [5, 5.41) is 14.5. The van der Waals surface area contributed by atoms with E-state index >= 15 is 0 Å². The second kappa shape index (κ2) is 12.3. The Labute approximate surface area is 219 Å². The molecule has 1 saturated heterocycles. The van der Waals surface area contributed by atoms with Crippen LogP contribution in [0.15, 0.2) is 48.5 Å². The second-order valence-electron chi connectivity index (χ2n) is 10.5. The Morgan fingerprint density at radius 3 is 2.51 bits per heavy atom. The van der Waals surface area contributed by atoms with Gasteiger partial charge in [-0.25, -0.2) is 4.79 Å². The molecule has 8 nitrogen and oxygen atoms in total. The van der Waals surface area contributed by atoms with Crippen molar-refractivity contribution < 1.29 is 14.5 Å². The summed E-state index contributed by atoms with van der Waals surface area (Å²) >= 11 is 0. The minimum atomic E-state index is -0.713. The monoisotopic (exact) mass is 506 g/mol. The van der Waals surface area contributed by atoms with Crippen LogP contribution in [-0.2, 0) is 11.3 Å². The summed E-state index contributed by atoms with van der Waals surface area (Å²) in [4.78, 5) is 29.0. The fourth-order valence-corrected chi connectivity index (χ4v) is 5.38. The van der Waals surface area contributed by atoms with Crippen LogP contribution in [0.2, 0.25) is 0 Å². The maximum Gasteiger partial charge on any atom is 0.412 e. The van der Waals surface area contributed by atoms with Crippen LogP contribution in [0.25, 0.3) is 5.57 Å². The minimum Gasteiger partial charge on any atom is -0.444 e. The number of nitro benzene ring substituents is 1. The summed E-state index contributed by atoms with van der Waals surface area (Å²) in [6.45, 7) is 11.7. The number of nitrogens with zero attached hydrogens (tertiary/aromatic N) is 3. The van der Waals surface area contributed by atoms with Gasteiger partial charge in [0.25, 0.3) is 5.69 Å². The summed E-state index contributed by atoms with van der Waals surface area (Å²) in [5.74, 6) is 0.700. The molecule has 0 aromatic heterocycles. The number of carbonyl (C=O) groups is 1. The van der Waals surface area contributed by atoms with E-state index in [1.807, 2.05) is 36.4 Å². The fraction of sp³-hybridized carbons (Fsp3) is 0.483. The van der Waals surface area contributed by atoms with E-state index in [9.17, 15) is 14.9 Å². The molecule has 4 rings (SSSR count). The molecule has 37 heavy (non-hydrogen) atoms. The van der Waals surface area contributed by atoms with E-state index in [-0.39, 0.29) is 18.0 Å². The highest BCUT2D eigenvalue weighted by Crippen LogP contribution is 2.35. The van der Waals surface area contributed by atoms with E-state index in [1.165, 1.54) is 19.4 Å². The number of ether oxygens (including phenoxy) is 1. The fourth-order valence-electron chi connectivity index (χ4n) is 5.38. The molecular weight excluding hydrogens is 468 g/mol. The summed E-state index contributed by atoms with van der Waals surface area (Å²) in [5.41, 5.74) is 3.52. The Bertz CT molecular complexity index is 1120. The standard InChI is InChI=1S/C29H38N4O4/c1-21(2)19-31-13-11-26(12-14-31)32-15-9-24(10-16-32)25-17-22(3)28(27(18-25)33(35)36)30-29(34)37-20-23-7-5-4-6-8-23/h4-9,17-18,21,26H,10-16,19-20H2,1-3H3,(H,30,34). The smallest absolute Gasteiger partial charge is 0.412 e. The number of amides is 1. The number of likely N-dealkylation sites (tertiary alicyclic amines) is 1. The normalized spacial score (nSPS) is 17.5. The van der Waals surface area contributed by atoms with Crippen molar-refractivity contribution in [2.24, 2.45) is 5.92 Å². The first kappa shape index (κ1) is 26.8. The molecule has 0 bridgehead atoms. The third kappa shape index (κ3) is 7.17. The lowest BCUT2D eigenvalue weighted by Crippen LogP contribution is -2.46. The Hall–Kier alpha value is -3.23. The minimum absolute atomic E-state index is 0.0950. The lowest BCUT2D eigenvalue weighted by molar-refractivity contribution is -0.384. The van der Waals surface area contributed by atoms with E-state index in [4.69, 9.17) is 4.74 Å². The van der Waals surface area contributed by atoms with Gasteiger partial charge in [-0.3, -0.25) is 20.3 Å². The molecule has 2 heterocycles. The zero-order valence-electron chi connectivity index (χ0n) is 22.1. The number of rotatable bonds is 8. The topological polar surface area (TPSA) is 88.0 Å². The first-order chi connectivity index (χ1) is 17.8. The lowest BCUT2D eigenvalue weighted by Gasteiger charge is -2.40. The summed E-state index contributed by atoms with van der Waals surface area (Å²) in [7, 11) is 0. The predicted octanol–water partition coefficient (Wildman–Crippen LogP) is 5.86. The van der Waals surface area contributed by atoms with Gasteiger partial charge in [0.2, 0.25) is 0 Å². The number of nitro groups is 1. The predicted molar refractivity (Wildman–Crippen MR) is 147 cm³/mol. The van der Waals surface area contributed by atoms with E-state index in [0.29, 0.717) is 17.5 Å². The van der Waals surface area contributed by atoms with Crippen molar-refractivity contribution in [2.75, 3.05) is 38.0 Å². The van der Waals surface area contributed by atoms with E-state index < -0.39 is 11.0 Å². The summed E-state index contributed by atoms with van der Waals surface area (Å²) in [6, 6.07) is 13.4. The molecule has 8 heteroatoms. The summed E-state index contributed by atoms with van der Waals surface area (Å²) in [6.07, 6.45) is 4.75. The van der Waals surface area contributed by atoms with Crippen molar-refractivity contribution in [3.63, 3.8) is 0 Å². The molecule has 0 aliphatic carbocycles. The van der Waals surface area contributed by atoms with E-state index in [0.717, 1.165) is 49.3 Å². The number of benzene rings is 2. The van der Waals surface area contributed by atoms with Gasteiger partial charge in [-0.2, -0.15) is 0 Å². The Balaban J connectivity index is 1.39. The Morgan fingerprint density at radius 1 is 1.16 bits per heavy atom. The molecule has 0 atom stereocenters. The maximum absolute atomic E-state index is 12.4. The molecule has 0 spiro atoms. The van der Waals surface area contributed by atoms with Crippen LogP contribution in [0.3, 0.4) is 0 Å². The first-order valence-electron chi connectivity index (χ1n) is 13.2. The van der Waals surface area contributed by atoms with Gasteiger partial charge in [0.05, 0.1) is 4.92 Å². The molecule has 2 aromatic rings. The average molecular weight is 507 g/mol. The molecule has 1 amide bonds. The molecule has 2 aliphatic heterocycles. The third-order valence-electron chi connectivity index (χ3n) is 7.26. The number of hydrogen-bond donors (Lipinski definition) is 1. The Kier molecular flexibility index (Phi) is 8.95. The van der Waals surface area contributed by atoms with Crippen molar-refractivity contribution in [2.45, 2.75) is 52.7 Å². The van der Waals surface area contributed by atoms with Crippen LogP contribution in [-0.4, -0.2) is 59.6 Å². The van der Waals surface area contributed by atoms with Crippen LogP contribution >= 0.6 is 0 Å². The number of piperidine rings is 1. The van der Waals surface area contributed by atoms with E-state index in [2.05, 4.69) is 35.0 Å². The van der Waals surface area contributed by atoms with Crippen molar-refractivity contribution in [3.05, 3.63) is 75.3 Å². The highest BCUT2D eigenvalue weighted by atomic mass is 16.6. The molecule has 2 aromatic carbocycles. The largest absolute Gasteiger partial charge is 0.444 e. The van der Waals surface area contributed by atoms with Crippen molar-refractivity contribution in [1.29, 1.82) is 0 Å². The number of aryl methyl sites for hydroxylation is 1. The molecule has 1 fully saturated rings. The zero-order chi connectivity index (χ0) is 26.4. The van der Waals surface area contributed by atoms with Gasteiger partial charge in [-0.15, -0.1) is 0 Å². The first-order valence-corrected chi connectivity index (χ1v) is 13.2. The second-order valence-corrected chi connectivity index (χ2v) is 10.5.